The fraction of sp³-hybridized carbons (Fsp3) is 0.741. The number of hydrogen-bond donors (Lipinski definition) is 1. The lowest BCUT2D eigenvalue weighted by Crippen LogP contribution is -2.69. The molecule has 1 N–H and O–H groups in total. The zero-order valence-corrected chi connectivity index (χ0v) is 21.3. The molecule has 6 nitrogen and oxygen atoms in total. The number of carbonyl (C=O) groups excluding carboxylic acids is 1. The van der Waals surface area contributed by atoms with Crippen molar-refractivity contribution in [2.24, 2.45) is 17.3 Å². The van der Waals surface area contributed by atoms with E-state index in [0.717, 1.165) is 25.3 Å². The summed E-state index contributed by atoms with van der Waals surface area (Å²) in [4.78, 5) is 17.2. The molecule has 2 aliphatic carbocycles. The summed E-state index contributed by atoms with van der Waals surface area (Å²) in [5.74, 6) is -0.605. The summed E-state index contributed by atoms with van der Waals surface area (Å²) < 4.78 is 51.2. The number of halogens is 3. The van der Waals surface area contributed by atoms with Crippen LogP contribution in [0.5, 0.6) is 0 Å². The van der Waals surface area contributed by atoms with Crippen LogP contribution in [0.25, 0.3) is 0 Å². The molecule has 2 saturated carbocycles. The van der Waals surface area contributed by atoms with Crippen molar-refractivity contribution in [1.29, 1.82) is 0 Å². The Hall–Kier alpha value is -1.84. The van der Waals surface area contributed by atoms with Gasteiger partial charge in [0.15, 0.2) is 0 Å². The van der Waals surface area contributed by atoms with Gasteiger partial charge in [0.05, 0.1) is 22.7 Å². The molecule has 2 saturated heterocycles. The number of alkyl halides is 3. The number of ether oxygens (including phenoxy) is 2. The van der Waals surface area contributed by atoms with Gasteiger partial charge < -0.3 is 19.5 Å². The number of benzene rings is 1. The van der Waals surface area contributed by atoms with Gasteiger partial charge in [-0.25, -0.2) is 0 Å². The maximum Gasteiger partial charge on any atom is 0.416 e. The number of rotatable bonds is 4. The second kappa shape index (κ2) is 8.88. The fourth-order valence-corrected chi connectivity index (χ4v) is 7.44. The summed E-state index contributed by atoms with van der Waals surface area (Å²) in [7, 11) is 1.66. The first kappa shape index (κ1) is 25.8. The van der Waals surface area contributed by atoms with Crippen molar-refractivity contribution < 1.29 is 32.5 Å². The molecule has 6 atom stereocenters. The Balaban J connectivity index is 1.26. The summed E-state index contributed by atoms with van der Waals surface area (Å²) in [6.45, 7) is 7.09. The minimum absolute atomic E-state index is 0.0790. The summed E-state index contributed by atoms with van der Waals surface area (Å²) in [5.41, 5.74) is -2.16. The third-order valence-corrected chi connectivity index (χ3v) is 9.82. The van der Waals surface area contributed by atoms with Crippen LogP contribution in [-0.2, 0) is 20.4 Å². The normalized spacial score (nSPS) is 39.5. The SMILES string of the molecule is CO[C@]1(C)CCC[C@]2(C)C[C@H]3OC(=O)[C@@H](CN4CCN(c5cccc(C(F)(F)F)c5)CC4)[C@H]3C[C@]21O. The molecule has 0 radical (unpaired) electrons. The molecular formula is C27H37F3N2O4. The summed E-state index contributed by atoms with van der Waals surface area (Å²) in [6, 6.07) is 5.44. The number of hydrogen-bond acceptors (Lipinski definition) is 6. The smallest absolute Gasteiger partial charge is 0.416 e. The average molecular weight is 511 g/mol. The van der Waals surface area contributed by atoms with E-state index in [1.807, 2.05) is 11.8 Å². The van der Waals surface area contributed by atoms with E-state index in [1.165, 1.54) is 12.1 Å². The Kier molecular flexibility index (Phi) is 6.36. The molecule has 200 valence electrons. The molecule has 5 rings (SSSR count). The Bertz CT molecular complexity index is 997. The minimum Gasteiger partial charge on any atom is -0.462 e. The van der Waals surface area contributed by atoms with E-state index in [2.05, 4.69) is 11.8 Å². The topological polar surface area (TPSA) is 62.2 Å². The van der Waals surface area contributed by atoms with Crippen molar-refractivity contribution in [2.75, 3.05) is 44.7 Å². The van der Waals surface area contributed by atoms with Gasteiger partial charge in [-0.05, 0) is 57.2 Å². The number of methoxy groups -OCH3 is 1. The molecule has 4 aliphatic rings. The molecule has 2 heterocycles. The van der Waals surface area contributed by atoms with Crippen LogP contribution in [0, 0.1) is 17.3 Å². The zero-order chi connectivity index (χ0) is 25.9. The largest absolute Gasteiger partial charge is 0.462 e. The van der Waals surface area contributed by atoms with E-state index in [9.17, 15) is 23.1 Å². The molecule has 36 heavy (non-hydrogen) atoms. The molecule has 0 amide bonds. The first-order valence-electron chi connectivity index (χ1n) is 13.0. The highest BCUT2D eigenvalue weighted by atomic mass is 19.4. The standard InChI is InChI=1S/C27H37F3N2O4/c1-24-8-5-9-25(2,35-3)26(24,34)15-20-21(23(33)36-22(20)16-24)17-31-10-12-32(13-11-31)19-7-4-6-18(14-19)27(28,29)30/h4,6-7,14,20-22,34H,5,8-13,15-17H2,1-3H3/t20-,21+,22-,24-,25-,26+/m1/s1. The molecule has 4 fully saturated rings. The van der Waals surface area contributed by atoms with Crippen molar-refractivity contribution in [1.82, 2.24) is 4.90 Å². The van der Waals surface area contributed by atoms with Crippen LogP contribution in [0.4, 0.5) is 18.9 Å². The van der Waals surface area contributed by atoms with Gasteiger partial charge in [0.1, 0.15) is 6.10 Å². The number of fused-ring (bicyclic) bond motifs is 2. The number of anilines is 1. The molecule has 0 spiro atoms. The third kappa shape index (κ3) is 4.11. The predicted octanol–water partition coefficient (Wildman–Crippen LogP) is 4.11. The second-order valence-electron chi connectivity index (χ2n) is 11.7. The van der Waals surface area contributed by atoms with Crippen molar-refractivity contribution in [3.05, 3.63) is 29.8 Å². The van der Waals surface area contributed by atoms with Crippen LogP contribution in [0.1, 0.15) is 51.5 Å². The van der Waals surface area contributed by atoms with Gasteiger partial charge in [-0.2, -0.15) is 13.2 Å². The molecule has 9 heteroatoms. The number of carbonyl (C=O) groups is 1. The Morgan fingerprint density at radius 2 is 1.86 bits per heavy atom. The summed E-state index contributed by atoms with van der Waals surface area (Å²) in [5, 5.41) is 12.1. The highest BCUT2D eigenvalue weighted by Gasteiger charge is 2.67. The minimum atomic E-state index is -4.37. The molecule has 0 unspecified atom stereocenters. The average Bonchev–Trinajstić information content (AvgIpc) is 3.11. The van der Waals surface area contributed by atoms with E-state index in [4.69, 9.17) is 9.47 Å². The highest BCUT2D eigenvalue weighted by Crippen LogP contribution is 2.61. The van der Waals surface area contributed by atoms with Crippen molar-refractivity contribution in [2.45, 2.75) is 69.4 Å². The summed E-state index contributed by atoms with van der Waals surface area (Å²) in [6.07, 6.45) is -0.825. The lowest BCUT2D eigenvalue weighted by atomic mass is 9.49. The van der Waals surface area contributed by atoms with Crippen LogP contribution in [-0.4, -0.2) is 73.1 Å². The van der Waals surface area contributed by atoms with Crippen LogP contribution in [0.15, 0.2) is 24.3 Å². The molecular weight excluding hydrogens is 473 g/mol. The molecule has 0 bridgehead atoms. The second-order valence-corrected chi connectivity index (χ2v) is 11.7. The molecule has 1 aromatic rings. The van der Waals surface area contributed by atoms with E-state index < -0.39 is 22.9 Å². The van der Waals surface area contributed by atoms with Crippen LogP contribution in [0.2, 0.25) is 0 Å². The Morgan fingerprint density at radius 1 is 1.14 bits per heavy atom. The lowest BCUT2D eigenvalue weighted by Gasteiger charge is -2.62. The lowest BCUT2D eigenvalue weighted by molar-refractivity contribution is -0.270. The Labute approximate surface area is 210 Å². The first-order valence-corrected chi connectivity index (χ1v) is 13.0. The van der Waals surface area contributed by atoms with E-state index in [1.54, 1.807) is 13.2 Å². The van der Waals surface area contributed by atoms with Gasteiger partial charge in [-0.15, -0.1) is 0 Å². The number of aliphatic hydroxyl groups is 1. The van der Waals surface area contributed by atoms with Gasteiger partial charge >= 0.3 is 12.1 Å². The van der Waals surface area contributed by atoms with Gasteiger partial charge in [0, 0.05) is 56.9 Å². The maximum absolute atomic E-state index is 13.1. The molecule has 0 aromatic heterocycles. The van der Waals surface area contributed by atoms with Gasteiger partial charge in [-0.3, -0.25) is 9.69 Å². The quantitative estimate of drug-likeness (QED) is 0.616. The van der Waals surface area contributed by atoms with Crippen molar-refractivity contribution in [3.63, 3.8) is 0 Å². The fourth-order valence-electron chi connectivity index (χ4n) is 7.44. The van der Waals surface area contributed by atoms with Gasteiger partial charge in [-0.1, -0.05) is 13.0 Å². The van der Waals surface area contributed by atoms with E-state index in [0.29, 0.717) is 51.3 Å². The Morgan fingerprint density at radius 3 is 2.53 bits per heavy atom. The van der Waals surface area contributed by atoms with Gasteiger partial charge in [0.25, 0.3) is 0 Å². The first-order chi connectivity index (χ1) is 16.9. The maximum atomic E-state index is 13.1. The monoisotopic (exact) mass is 510 g/mol. The molecule has 2 aliphatic heterocycles. The third-order valence-electron chi connectivity index (χ3n) is 9.82. The van der Waals surface area contributed by atoms with Crippen LogP contribution >= 0.6 is 0 Å². The zero-order valence-electron chi connectivity index (χ0n) is 21.3. The number of piperazine rings is 1. The van der Waals surface area contributed by atoms with Crippen molar-refractivity contribution >= 4 is 11.7 Å². The highest BCUT2D eigenvalue weighted by molar-refractivity contribution is 5.75. The van der Waals surface area contributed by atoms with E-state index >= 15 is 0 Å². The summed E-state index contributed by atoms with van der Waals surface area (Å²) >= 11 is 0. The van der Waals surface area contributed by atoms with Crippen LogP contribution < -0.4 is 4.90 Å². The van der Waals surface area contributed by atoms with Crippen LogP contribution in [0.3, 0.4) is 0 Å². The van der Waals surface area contributed by atoms with E-state index in [-0.39, 0.29) is 29.3 Å². The number of esters is 1. The predicted molar refractivity (Wildman–Crippen MR) is 129 cm³/mol. The molecule has 1 aromatic carbocycles. The van der Waals surface area contributed by atoms with Crippen molar-refractivity contribution in [3.8, 4) is 0 Å². The van der Waals surface area contributed by atoms with Gasteiger partial charge in [0.2, 0.25) is 0 Å². The number of nitrogens with zero attached hydrogens (tertiary/aromatic N) is 2.